The van der Waals surface area contributed by atoms with Crippen molar-refractivity contribution in [2.45, 2.75) is 39.8 Å². The Bertz CT molecular complexity index is 3620. The molecule has 0 unspecified atom stereocenters. The van der Waals surface area contributed by atoms with Crippen molar-refractivity contribution in [1.82, 2.24) is 15.0 Å². The Morgan fingerprint density at radius 1 is 0.324 bits per heavy atom. The molecule has 0 radical (unpaired) electrons. The van der Waals surface area contributed by atoms with Crippen molar-refractivity contribution < 1.29 is 10.2 Å². The lowest BCUT2D eigenvalue weighted by atomic mass is 10.1. The molecule has 43 heteroatoms. The third-order valence-electron chi connectivity index (χ3n) is 5.98. The number of benzene rings is 2. The van der Waals surface area contributed by atoms with E-state index in [0.29, 0.717) is 5.75 Å². The van der Waals surface area contributed by atoms with Crippen molar-refractivity contribution in [2.24, 2.45) is 0 Å². The summed E-state index contributed by atoms with van der Waals surface area (Å²) in [7, 11) is 55.5. The van der Waals surface area contributed by atoms with Crippen LogP contribution < -0.4 is 0 Å². The molecule has 0 spiro atoms. The van der Waals surface area contributed by atoms with E-state index in [1.807, 2.05) is 97.1 Å². The second-order valence-corrected chi connectivity index (χ2v) is 66.1. The fourth-order valence-electron chi connectivity index (χ4n) is 3.43. The summed E-state index contributed by atoms with van der Waals surface area (Å²) in [6.45, 7) is 0.210. The molecule has 5 aromatic rings. The zero-order valence-electron chi connectivity index (χ0n) is 35.7. The first kappa shape index (κ1) is 76.8. The predicted octanol–water partition coefficient (Wildman–Crippen LogP) is 8.32. The Hall–Kier alpha value is 4.82. The third kappa shape index (κ3) is 49.1. The molecule has 2 N–H and O–H groups in total. The highest BCUT2D eigenvalue weighted by Gasteiger charge is 2.02. The summed E-state index contributed by atoms with van der Waals surface area (Å²) in [5.74, 6) is 1.56. The van der Waals surface area contributed by atoms with Crippen LogP contribution in [-0.2, 0) is 327 Å². The zero-order valence-corrected chi connectivity index (χ0v) is 66.8. The van der Waals surface area contributed by atoms with Crippen LogP contribution in [0.5, 0.6) is 0 Å². The highest BCUT2D eigenvalue weighted by atomic mass is 33.5. The number of rotatable bonds is 10. The Kier molecular flexibility index (Phi) is 64.7. The van der Waals surface area contributed by atoms with Crippen LogP contribution in [-0.4, -0.2) is 25.2 Å². The van der Waals surface area contributed by atoms with Crippen LogP contribution in [0.1, 0.15) is 22.3 Å². The van der Waals surface area contributed by atoms with Crippen LogP contribution in [0.3, 0.4) is 0 Å². The van der Waals surface area contributed by atoms with Gasteiger partial charge >= 0.3 is 0 Å². The van der Waals surface area contributed by atoms with Crippen molar-refractivity contribution in [3.05, 3.63) is 144 Å². The fourth-order valence-corrected chi connectivity index (χ4v) is 76.1. The van der Waals surface area contributed by atoms with E-state index in [-0.39, 0.29) is 13.2 Å². The van der Waals surface area contributed by atoms with Crippen LogP contribution in [0.25, 0.3) is 0 Å². The molecule has 0 atom stereocenters. The SMILES string of the molecule is OCc1ccccc1CS.OCc1ccccc1CSSc1ccccn1.S=S=S=S=S=S=S=S=S=S=S=S=S=S=S=S.S=S=S=S=S=S=S=S=S=S=S=S=S=S=S=S=S.c1ccc(SSc2ccccn2)nc1. The van der Waals surface area contributed by atoms with Gasteiger partial charge in [0.15, 0.2) is 0 Å². The minimum atomic E-state index is 0.102. The molecule has 5 rings (SSSR count). The van der Waals surface area contributed by atoms with Gasteiger partial charge in [-0.3, -0.25) is 0 Å². The molecule has 0 saturated heterocycles. The number of hydrogen-bond acceptors (Lipinski definition) is 14. The lowest BCUT2D eigenvalue weighted by Crippen LogP contribution is -1.90. The minimum Gasteiger partial charge on any atom is -0.392 e. The molecule has 0 aliphatic heterocycles. The molecule has 0 fully saturated rings. The molecule has 0 saturated carbocycles. The molecule has 74 heavy (non-hydrogen) atoms. The summed E-state index contributed by atoms with van der Waals surface area (Å²) >= 11 is 23.1. The van der Waals surface area contributed by atoms with Crippen LogP contribution in [0.2, 0.25) is 0 Å². The number of aliphatic hydroxyl groups excluding tert-OH is 2. The quantitative estimate of drug-likeness (QED) is 0.0929. The standard InChI is InChI=1S/C13H13NOS2.C10H8N2S2.C8H10OS.S17.S16/c15-9-11-5-1-2-6-12(11)10-16-17-13-7-3-4-8-14-13;1-3-7-11-9(5-1)13-14-10-6-2-4-8-12-10;9-5-7-3-1-2-4-8(7)6-10;1-3-5-7-9-11-13-15-17-16-14-12-10-8-6-4-2;1-3-5-7-9-11-13-15-16-14-12-10-8-6-4-2/h1-8,15H,9-10H2;1-8H;1-4,9-10H,5-6H2;;. The highest BCUT2D eigenvalue weighted by molar-refractivity contribution is 8.79. The number of thiol groups is 1. The Morgan fingerprint density at radius 2 is 0.581 bits per heavy atom. The summed E-state index contributed by atoms with van der Waals surface area (Å²) < 4.78 is 0. The van der Waals surface area contributed by atoms with Gasteiger partial charge in [0.25, 0.3) is 0 Å². The van der Waals surface area contributed by atoms with Crippen LogP contribution in [0.15, 0.2) is 137 Å². The van der Waals surface area contributed by atoms with Crippen LogP contribution in [0.4, 0.5) is 0 Å². The van der Waals surface area contributed by atoms with Gasteiger partial charge in [0.05, 0.1) is 13.2 Å². The van der Waals surface area contributed by atoms with E-state index in [1.165, 1.54) is 41.1 Å². The maximum atomic E-state index is 9.21. The maximum absolute atomic E-state index is 9.21. The van der Waals surface area contributed by atoms with Gasteiger partial charge < -0.3 is 10.2 Å². The van der Waals surface area contributed by atoms with E-state index in [0.717, 1.165) is 37.5 Å². The summed E-state index contributed by atoms with van der Waals surface area (Å²) in [6.07, 6.45) is 5.38. The first-order chi connectivity index (χ1) is 36.6. The lowest BCUT2D eigenvalue weighted by molar-refractivity contribution is 0.280. The smallest absolute Gasteiger partial charge is 0.107 e. The Labute approximate surface area is 555 Å². The minimum absolute atomic E-state index is 0.102. The highest BCUT2D eigenvalue weighted by Crippen LogP contribution is 2.34. The third-order valence-corrected chi connectivity index (χ3v) is 70.7. The predicted molar refractivity (Wildman–Crippen MR) is 422 cm³/mol. The molecule has 2 aromatic carbocycles. The van der Waals surface area contributed by atoms with Crippen molar-refractivity contribution in [2.75, 3.05) is 0 Å². The lowest BCUT2D eigenvalue weighted by Gasteiger charge is -2.05. The van der Waals surface area contributed by atoms with Gasteiger partial charge in [-0.15, -0.1) is 0 Å². The maximum Gasteiger partial charge on any atom is 0.107 e. The largest absolute Gasteiger partial charge is 0.392 e. The van der Waals surface area contributed by atoms with Crippen molar-refractivity contribution in [3.8, 4) is 0 Å². The monoisotopic (exact) mass is 1690 g/mol. The van der Waals surface area contributed by atoms with Crippen molar-refractivity contribution in [1.29, 1.82) is 0 Å². The zero-order chi connectivity index (χ0) is 53.5. The number of aromatic nitrogens is 3. The van der Waals surface area contributed by atoms with Gasteiger partial charge in [-0.1, -0.05) is 77.5 Å². The second-order valence-electron chi connectivity index (χ2n) is 10.0. The van der Waals surface area contributed by atoms with E-state index < -0.39 is 0 Å². The van der Waals surface area contributed by atoms with E-state index >= 15 is 0 Å². The van der Waals surface area contributed by atoms with E-state index in [9.17, 15) is 5.11 Å². The molecular formula is C31H31N3O2S38. The number of aliphatic hydroxyl groups is 2. The first-order valence-electron chi connectivity index (χ1n) is 17.7. The van der Waals surface area contributed by atoms with Gasteiger partial charge in [-0.05, 0) is 91.0 Å². The summed E-state index contributed by atoms with van der Waals surface area (Å²) in [4.78, 5) is 12.7. The number of hydrogen-bond donors (Lipinski definition) is 3. The summed E-state index contributed by atoms with van der Waals surface area (Å²) in [5, 5.41) is 21.0. The van der Waals surface area contributed by atoms with Crippen LogP contribution >= 0.6 is 55.8 Å². The van der Waals surface area contributed by atoms with Crippen LogP contribution in [0, 0.1) is 0 Å². The molecule has 0 amide bonds. The molecule has 5 nitrogen and oxygen atoms in total. The van der Waals surface area contributed by atoms with Gasteiger partial charge in [0.1, 0.15) is 15.1 Å². The van der Waals surface area contributed by atoms with Gasteiger partial charge in [0, 0.05) is 332 Å². The van der Waals surface area contributed by atoms with E-state index in [4.69, 9.17) is 49.9 Å². The molecular weight excluding hydrogens is 1660 g/mol. The Morgan fingerprint density at radius 3 is 0.838 bits per heavy atom. The molecule has 410 valence electrons. The molecule has 0 aliphatic rings. The topological polar surface area (TPSA) is 79.1 Å². The summed E-state index contributed by atoms with van der Waals surface area (Å²) in [6, 6.07) is 33.4. The second kappa shape index (κ2) is 62.4. The van der Waals surface area contributed by atoms with E-state index in [2.05, 4.69) is 33.6 Å². The fraction of sp³-hybridized carbons (Fsp3) is 0.129. The van der Waals surface area contributed by atoms with Crippen molar-refractivity contribution >= 4 is 358 Å². The molecule has 3 heterocycles. The number of nitrogens with zero attached hydrogens (tertiary/aromatic N) is 3. The average Bonchev–Trinajstić information content (AvgIpc) is 3.45. The number of pyridine rings is 3. The van der Waals surface area contributed by atoms with Crippen molar-refractivity contribution in [3.63, 3.8) is 0 Å². The van der Waals surface area contributed by atoms with Gasteiger partial charge in [-0.25, -0.2) is 15.0 Å². The van der Waals surface area contributed by atoms with E-state index in [1.54, 1.807) is 284 Å². The first-order valence-corrected chi connectivity index (χ1v) is 64.2. The van der Waals surface area contributed by atoms with Gasteiger partial charge in [-0.2, -0.15) is 12.6 Å². The average molecular weight is 1700 g/mol. The summed E-state index contributed by atoms with van der Waals surface area (Å²) in [5.41, 5.74) is 4.26. The normalized spacial score (nSPS) is 8.85. The Balaban J connectivity index is 0.000000467. The molecule has 0 bridgehead atoms. The molecule has 3 aromatic heterocycles. The van der Waals surface area contributed by atoms with Gasteiger partial charge in [0.2, 0.25) is 0 Å². The molecule has 0 aliphatic carbocycles.